The van der Waals surface area contributed by atoms with Crippen molar-refractivity contribution in [1.29, 1.82) is 0 Å². The largest absolute Gasteiger partial charge is 0.481 e. The van der Waals surface area contributed by atoms with Crippen LogP contribution in [0.25, 0.3) is 0 Å². The highest BCUT2D eigenvalue weighted by Gasteiger charge is 2.45. The topological polar surface area (TPSA) is 37.3 Å². The van der Waals surface area contributed by atoms with Crippen LogP contribution in [-0.4, -0.2) is 11.1 Å². The van der Waals surface area contributed by atoms with Gasteiger partial charge in [0.2, 0.25) is 0 Å². The molecule has 0 spiro atoms. The number of benzene rings is 1. The van der Waals surface area contributed by atoms with Crippen molar-refractivity contribution in [3.8, 4) is 0 Å². The van der Waals surface area contributed by atoms with Gasteiger partial charge in [-0.1, -0.05) is 38.1 Å². The summed E-state index contributed by atoms with van der Waals surface area (Å²) in [4.78, 5) is 10.8. The molecular weight excluding hydrogens is 200 g/mol. The molecule has 2 nitrogen and oxygen atoms in total. The van der Waals surface area contributed by atoms with Crippen LogP contribution in [0.5, 0.6) is 0 Å². The highest BCUT2D eigenvalue weighted by atomic mass is 16.4. The molecule has 1 aromatic rings. The minimum Gasteiger partial charge on any atom is -0.481 e. The molecule has 1 saturated carbocycles. The molecule has 1 N–H and O–H groups in total. The van der Waals surface area contributed by atoms with Crippen molar-refractivity contribution >= 4 is 5.97 Å². The van der Waals surface area contributed by atoms with Gasteiger partial charge in [-0.2, -0.15) is 0 Å². The summed E-state index contributed by atoms with van der Waals surface area (Å²) in [6.45, 7) is 4.33. The maximum absolute atomic E-state index is 10.8. The summed E-state index contributed by atoms with van der Waals surface area (Å²) in [6, 6.07) is 8.46. The minimum atomic E-state index is -0.689. The molecule has 0 amide bonds. The molecule has 0 bridgehead atoms. The lowest BCUT2D eigenvalue weighted by Crippen LogP contribution is -2.12. The monoisotopic (exact) mass is 218 g/mol. The fourth-order valence-corrected chi connectivity index (χ4v) is 2.23. The van der Waals surface area contributed by atoms with Crippen LogP contribution in [0.1, 0.15) is 50.2 Å². The number of hydrogen-bond donors (Lipinski definition) is 1. The lowest BCUT2D eigenvalue weighted by molar-refractivity contribution is -0.137. The van der Waals surface area contributed by atoms with Crippen molar-refractivity contribution < 1.29 is 9.90 Å². The molecule has 86 valence electrons. The molecule has 1 aromatic carbocycles. The van der Waals surface area contributed by atoms with Gasteiger partial charge in [-0.25, -0.2) is 0 Å². The zero-order chi connectivity index (χ0) is 11.8. The van der Waals surface area contributed by atoms with E-state index in [0.717, 1.165) is 12.8 Å². The summed E-state index contributed by atoms with van der Waals surface area (Å²) < 4.78 is 0. The molecule has 1 aliphatic carbocycles. The van der Waals surface area contributed by atoms with Crippen LogP contribution in [0.15, 0.2) is 24.3 Å². The molecule has 16 heavy (non-hydrogen) atoms. The molecule has 1 fully saturated rings. The van der Waals surface area contributed by atoms with Crippen LogP contribution < -0.4 is 0 Å². The Bertz CT molecular complexity index is 386. The van der Waals surface area contributed by atoms with Crippen LogP contribution >= 0.6 is 0 Å². The van der Waals surface area contributed by atoms with E-state index in [2.05, 4.69) is 38.1 Å². The van der Waals surface area contributed by atoms with E-state index in [4.69, 9.17) is 5.11 Å². The van der Waals surface area contributed by atoms with Gasteiger partial charge in [0.1, 0.15) is 0 Å². The van der Waals surface area contributed by atoms with Crippen LogP contribution in [0.2, 0.25) is 0 Å². The van der Waals surface area contributed by atoms with Crippen molar-refractivity contribution in [2.24, 2.45) is 0 Å². The quantitative estimate of drug-likeness (QED) is 0.841. The first-order valence-electron chi connectivity index (χ1n) is 5.86. The third-order valence-corrected chi connectivity index (χ3v) is 3.53. The molecule has 0 unspecified atom stereocenters. The van der Waals surface area contributed by atoms with Gasteiger partial charge >= 0.3 is 5.97 Å². The third-order valence-electron chi connectivity index (χ3n) is 3.53. The third kappa shape index (κ3) is 2.11. The van der Waals surface area contributed by atoms with E-state index >= 15 is 0 Å². The second kappa shape index (κ2) is 3.93. The number of carboxylic acid groups (broad SMARTS) is 1. The average Bonchev–Trinajstić information content (AvgIpc) is 2.98. The molecule has 0 aliphatic heterocycles. The zero-order valence-electron chi connectivity index (χ0n) is 9.86. The lowest BCUT2D eigenvalue weighted by atomic mass is 9.90. The predicted molar refractivity (Wildman–Crippen MR) is 63.7 cm³/mol. The Morgan fingerprint density at radius 3 is 2.25 bits per heavy atom. The van der Waals surface area contributed by atoms with Gasteiger partial charge in [0.05, 0.1) is 6.42 Å². The Morgan fingerprint density at radius 2 is 1.88 bits per heavy atom. The van der Waals surface area contributed by atoms with Crippen molar-refractivity contribution in [3.63, 3.8) is 0 Å². The SMILES string of the molecule is CC(C)c1ccc(C2(CC(=O)O)CC2)cc1. The van der Waals surface area contributed by atoms with E-state index in [9.17, 15) is 4.79 Å². The Hall–Kier alpha value is -1.31. The van der Waals surface area contributed by atoms with Gasteiger partial charge in [0, 0.05) is 5.41 Å². The summed E-state index contributed by atoms with van der Waals surface area (Å²) in [7, 11) is 0. The van der Waals surface area contributed by atoms with E-state index in [1.165, 1.54) is 11.1 Å². The van der Waals surface area contributed by atoms with Gasteiger partial charge in [-0.05, 0) is 29.9 Å². The first-order valence-corrected chi connectivity index (χ1v) is 5.86. The standard InChI is InChI=1S/C14H18O2/c1-10(2)11-3-5-12(6-4-11)14(7-8-14)9-13(15)16/h3-6,10H,7-9H2,1-2H3,(H,15,16). The maximum Gasteiger partial charge on any atom is 0.304 e. The summed E-state index contributed by atoms with van der Waals surface area (Å²) in [5.41, 5.74) is 2.45. The van der Waals surface area contributed by atoms with Crippen LogP contribution in [-0.2, 0) is 10.2 Å². The van der Waals surface area contributed by atoms with Crippen molar-refractivity contribution in [2.45, 2.75) is 44.4 Å². The van der Waals surface area contributed by atoms with Crippen LogP contribution in [0, 0.1) is 0 Å². The van der Waals surface area contributed by atoms with Crippen LogP contribution in [0.3, 0.4) is 0 Å². The molecule has 2 rings (SSSR count). The van der Waals surface area contributed by atoms with E-state index in [-0.39, 0.29) is 11.8 Å². The Labute approximate surface area is 96.3 Å². The molecule has 0 radical (unpaired) electrons. The van der Waals surface area contributed by atoms with E-state index in [0.29, 0.717) is 5.92 Å². The summed E-state index contributed by atoms with van der Waals surface area (Å²) in [6.07, 6.45) is 2.30. The average molecular weight is 218 g/mol. The number of hydrogen-bond acceptors (Lipinski definition) is 1. The van der Waals surface area contributed by atoms with Gasteiger partial charge < -0.3 is 5.11 Å². The number of carboxylic acids is 1. The Morgan fingerprint density at radius 1 is 1.31 bits per heavy atom. The molecule has 0 saturated heterocycles. The normalized spacial score (nSPS) is 17.4. The smallest absolute Gasteiger partial charge is 0.304 e. The fraction of sp³-hybridized carbons (Fsp3) is 0.500. The molecule has 0 aromatic heterocycles. The van der Waals surface area contributed by atoms with Gasteiger partial charge in [0.15, 0.2) is 0 Å². The number of aliphatic carboxylic acids is 1. The summed E-state index contributed by atoms with van der Waals surface area (Å²) >= 11 is 0. The van der Waals surface area contributed by atoms with E-state index < -0.39 is 5.97 Å². The number of carbonyl (C=O) groups is 1. The van der Waals surface area contributed by atoms with Crippen molar-refractivity contribution in [1.82, 2.24) is 0 Å². The molecule has 0 heterocycles. The first-order chi connectivity index (χ1) is 7.53. The molecule has 0 atom stereocenters. The van der Waals surface area contributed by atoms with Gasteiger partial charge in [0.25, 0.3) is 0 Å². The van der Waals surface area contributed by atoms with Crippen LogP contribution in [0.4, 0.5) is 0 Å². The van der Waals surface area contributed by atoms with Crippen molar-refractivity contribution in [2.75, 3.05) is 0 Å². The zero-order valence-corrected chi connectivity index (χ0v) is 9.86. The predicted octanol–water partition coefficient (Wildman–Crippen LogP) is 3.32. The minimum absolute atomic E-state index is 0.0542. The Balaban J connectivity index is 2.19. The Kier molecular flexibility index (Phi) is 2.75. The lowest BCUT2D eigenvalue weighted by Gasteiger charge is -2.14. The number of rotatable bonds is 4. The van der Waals surface area contributed by atoms with E-state index in [1.54, 1.807) is 0 Å². The van der Waals surface area contributed by atoms with Crippen molar-refractivity contribution in [3.05, 3.63) is 35.4 Å². The summed E-state index contributed by atoms with van der Waals surface area (Å²) in [5, 5.41) is 8.89. The molecule has 2 heteroatoms. The second-order valence-electron chi connectivity index (χ2n) is 5.13. The molecule has 1 aliphatic rings. The molecular formula is C14H18O2. The fourth-order valence-electron chi connectivity index (χ4n) is 2.23. The summed E-state index contributed by atoms with van der Waals surface area (Å²) in [5.74, 6) is -0.158. The highest BCUT2D eigenvalue weighted by molar-refractivity contribution is 5.70. The van der Waals surface area contributed by atoms with Gasteiger partial charge in [-0.15, -0.1) is 0 Å². The second-order valence-corrected chi connectivity index (χ2v) is 5.13. The maximum atomic E-state index is 10.8. The first kappa shape index (κ1) is 11.2. The highest BCUT2D eigenvalue weighted by Crippen LogP contribution is 2.51. The van der Waals surface area contributed by atoms with Gasteiger partial charge in [-0.3, -0.25) is 4.79 Å². The van der Waals surface area contributed by atoms with E-state index in [1.807, 2.05) is 0 Å².